The van der Waals surface area contributed by atoms with E-state index in [1.807, 2.05) is 0 Å². The van der Waals surface area contributed by atoms with Crippen LogP contribution in [-0.2, 0) is 0 Å². The number of rotatable bonds is 5. The third-order valence-electron chi connectivity index (χ3n) is 2.99. The molecule has 1 aliphatic carbocycles. The summed E-state index contributed by atoms with van der Waals surface area (Å²) < 4.78 is 0. The molecular formula is C11H15N3O2. The summed E-state index contributed by atoms with van der Waals surface area (Å²) in [6.07, 6.45) is 3.94. The molecule has 0 saturated heterocycles. The molecule has 16 heavy (non-hydrogen) atoms. The normalized spacial score (nSPS) is 16.8. The summed E-state index contributed by atoms with van der Waals surface area (Å²) >= 11 is 0. The van der Waals surface area contributed by atoms with E-state index in [0.29, 0.717) is 11.7 Å². The van der Waals surface area contributed by atoms with Crippen LogP contribution in [0.5, 0.6) is 0 Å². The van der Waals surface area contributed by atoms with E-state index in [1.54, 1.807) is 6.07 Å². The molecule has 5 heteroatoms. The number of nitro groups is 1. The molecule has 0 amide bonds. The summed E-state index contributed by atoms with van der Waals surface area (Å²) in [6.45, 7) is 3.10. The lowest BCUT2D eigenvalue weighted by Gasteiger charge is -2.11. The van der Waals surface area contributed by atoms with E-state index < -0.39 is 4.92 Å². The number of aromatic nitrogens is 1. The van der Waals surface area contributed by atoms with E-state index in [0.717, 1.165) is 12.5 Å². The lowest BCUT2D eigenvalue weighted by molar-refractivity contribution is -0.385. The van der Waals surface area contributed by atoms with Crippen molar-refractivity contribution in [2.24, 2.45) is 11.8 Å². The highest BCUT2D eigenvalue weighted by molar-refractivity contribution is 5.40. The van der Waals surface area contributed by atoms with Crippen LogP contribution in [0.15, 0.2) is 18.3 Å². The van der Waals surface area contributed by atoms with E-state index in [-0.39, 0.29) is 5.69 Å². The van der Waals surface area contributed by atoms with Crippen LogP contribution in [0.3, 0.4) is 0 Å². The number of nitrogens with zero attached hydrogens (tertiary/aromatic N) is 2. The van der Waals surface area contributed by atoms with Gasteiger partial charge in [-0.1, -0.05) is 6.92 Å². The van der Waals surface area contributed by atoms with Crippen LogP contribution in [0.2, 0.25) is 0 Å². The van der Waals surface area contributed by atoms with E-state index in [1.165, 1.54) is 25.1 Å². The fourth-order valence-corrected chi connectivity index (χ4v) is 1.70. The van der Waals surface area contributed by atoms with Crippen molar-refractivity contribution < 1.29 is 4.92 Å². The minimum Gasteiger partial charge on any atom is -0.370 e. The highest BCUT2D eigenvalue weighted by Gasteiger charge is 2.27. The van der Waals surface area contributed by atoms with Crippen molar-refractivity contribution in [1.82, 2.24) is 4.98 Å². The zero-order chi connectivity index (χ0) is 11.5. The number of nitrogens with one attached hydrogen (secondary N) is 1. The summed E-state index contributed by atoms with van der Waals surface area (Å²) in [6, 6.07) is 3.12. The molecule has 1 saturated carbocycles. The minimum absolute atomic E-state index is 0.0285. The molecule has 1 aliphatic rings. The first-order chi connectivity index (χ1) is 7.66. The topological polar surface area (TPSA) is 68.1 Å². The first-order valence-electron chi connectivity index (χ1n) is 5.51. The van der Waals surface area contributed by atoms with Gasteiger partial charge < -0.3 is 5.32 Å². The average molecular weight is 221 g/mol. The maximum absolute atomic E-state index is 10.4. The molecule has 1 fully saturated rings. The fraction of sp³-hybridized carbons (Fsp3) is 0.545. The standard InChI is InChI=1S/C11H15N3O2/c1-8(9-2-3-9)6-12-11-5-4-10(7-13-11)14(15)16/h4-5,7-9H,2-3,6H2,1H3,(H,12,13). The van der Waals surface area contributed by atoms with Crippen molar-refractivity contribution in [1.29, 1.82) is 0 Å². The minimum atomic E-state index is -0.441. The van der Waals surface area contributed by atoms with E-state index >= 15 is 0 Å². The predicted molar refractivity (Wildman–Crippen MR) is 61.3 cm³/mol. The summed E-state index contributed by atoms with van der Waals surface area (Å²) in [5.41, 5.74) is 0.0285. The molecule has 1 aromatic rings. The second kappa shape index (κ2) is 4.47. The number of hydrogen-bond acceptors (Lipinski definition) is 4. The largest absolute Gasteiger partial charge is 0.370 e. The van der Waals surface area contributed by atoms with Gasteiger partial charge >= 0.3 is 0 Å². The van der Waals surface area contributed by atoms with Crippen molar-refractivity contribution in [3.63, 3.8) is 0 Å². The van der Waals surface area contributed by atoms with Crippen LogP contribution in [0.4, 0.5) is 11.5 Å². The Labute approximate surface area is 94.0 Å². The molecule has 0 radical (unpaired) electrons. The van der Waals surface area contributed by atoms with Gasteiger partial charge in [-0.2, -0.15) is 0 Å². The fourth-order valence-electron chi connectivity index (χ4n) is 1.70. The Morgan fingerprint density at radius 3 is 2.88 bits per heavy atom. The van der Waals surface area contributed by atoms with E-state index in [9.17, 15) is 10.1 Å². The van der Waals surface area contributed by atoms with Crippen molar-refractivity contribution in [2.45, 2.75) is 19.8 Å². The second-order valence-corrected chi connectivity index (χ2v) is 4.35. The van der Waals surface area contributed by atoms with E-state index in [2.05, 4.69) is 17.2 Å². The van der Waals surface area contributed by atoms with Gasteiger partial charge in [-0.05, 0) is 30.7 Å². The van der Waals surface area contributed by atoms with Crippen molar-refractivity contribution in [2.75, 3.05) is 11.9 Å². The summed E-state index contributed by atoms with van der Waals surface area (Å²) in [4.78, 5) is 14.0. The first-order valence-corrected chi connectivity index (χ1v) is 5.51. The maximum Gasteiger partial charge on any atom is 0.287 e. The molecule has 1 N–H and O–H groups in total. The molecule has 1 heterocycles. The predicted octanol–water partition coefficient (Wildman–Crippen LogP) is 2.45. The SMILES string of the molecule is CC(CNc1ccc([N+](=O)[O-])cn1)C1CC1. The van der Waals surface area contributed by atoms with Gasteiger partial charge in [0.05, 0.1) is 4.92 Å². The molecule has 86 valence electrons. The third kappa shape index (κ3) is 2.68. The molecule has 0 spiro atoms. The van der Waals surface area contributed by atoms with Crippen LogP contribution >= 0.6 is 0 Å². The maximum atomic E-state index is 10.4. The van der Waals surface area contributed by atoms with Gasteiger partial charge in [-0.3, -0.25) is 10.1 Å². The van der Waals surface area contributed by atoms with Gasteiger partial charge in [0.2, 0.25) is 0 Å². The van der Waals surface area contributed by atoms with Crippen LogP contribution in [0.1, 0.15) is 19.8 Å². The Bertz CT molecular complexity index is 373. The van der Waals surface area contributed by atoms with Gasteiger partial charge in [0.15, 0.2) is 0 Å². The Morgan fingerprint density at radius 1 is 1.62 bits per heavy atom. The van der Waals surface area contributed by atoms with Crippen molar-refractivity contribution in [3.8, 4) is 0 Å². The summed E-state index contributed by atoms with van der Waals surface area (Å²) in [5, 5.41) is 13.6. The van der Waals surface area contributed by atoms with Gasteiger partial charge in [-0.25, -0.2) is 4.98 Å². The van der Waals surface area contributed by atoms with Gasteiger partial charge in [0.1, 0.15) is 12.0 Å². The number of anilines is 1. The van der Waals surface area contributed by atoms with Gasteiger partial charge in [0, 0.05) is 12.6 Å². The first kappa shape index (κ1) is 10.9. The Hall–Kier alpha value is -1.65. The van der Waals surface area contributed by atoms with Crippen LogP contribution in [-0.4, -0.2) is 16.5 Å². The zero-order valence-electron chi connectivity index (χ0n) is 9.22. The third-order valence-corrected chi connectivity index (χ3v) is 2.99. The molecule has 1 aromatic heterocycles. The smallest absolute Gasteiger partial charge is 0.287 e. The lowest BCUT2D eigenvalue weighted by atomic mass is 10.1. The molecule has 1 atom stereocenters. The van der Waals surface area contributed by atoms with Crippen LogP contribution in [0.25, 0.3) is 0 Å². The summed E-state index contributed by atoms with van der Waals surface area (Å²) in [7, 11) is 0. The van der Waals surface area contributed by atoms with Gasteiger partial charge in [0.25, 0.3) is 5.69 Å². The average Bonchev–Trinajstić information content (AvgIpc) is 3.10. The van der Waals surface area contributed by atoms with E-state index in [4.69, 9.17) is 0 Å². The molecule has 0 bridgehead atoms. The monoisotopic (exact) mass is 221 g/mol. The summed E-state index contributed by atoms with van der Waals surface area (Å²) in [5.74, 6) is 2.21. The highest BCUT2D eigenvalue weighted by Crippen LogP contribution is 2.36. The number of hydrogen-bond donors (Lipinski definition) is 1. The molecule has 5 nitrogen and oxygen atoms in total. The number of pyridine rings is 1. The zero-order valence-corrected chi connectivity index (χ0v) is 9.22. The Kier molecular flexibility index (Phi) is 3.03. The van der Waals surface area contributed by atoms with Crippen molar-refractivity contribution >= 4 is 11.5 Å². The van der Waals surface area contributed by atoms with Crippen LogP contribution in [0, 0.1) is 22.0 Å². The molecule has 0 aliphatic heterocycles. The second-order valence-electron chi connectivity index (χ2n) is 4.35. The molecule has 2 rings (SSSR count). The molecular weight excluding hydrogens is 206 g/mol. The quantitative estimate of drug-likeness (QED) is 0.612. The molecule has 0 aromatic carbocycles. The molecule has 1 unspecified atom stereocenters. The van der Waals surface area contributed by atoms with Gasteiger partial charge in [-0.15, -0.1) is 0 Å². The van der Waals surface area contributed by atoms with Crippen LogP contribution < -0.4 is 5.32 Å². The Morgan fingerprint density at radius 2 is 2.38 bits per heavy atom. The Balaban J connectivity index is 1.86. The van der Waals surface area contributed by atoms with Crippen molar-refractivity contribution in [3.05, 3.63) is 28.4 Å². The highest BCUT2D eigenvalue weighted by atomic mass is 16.6. The lowest BCUT2D eigenvalue weighted by Crippen LogP contribution is -2.13.